The van der Waals surface area contributed by atoms with Crippen LogP contribution in [0.15, 0.2) is 51.8 Å². The molecule has 0 aliphatic carbocycles. The van der Waals surface area contributed by atoms with Gasteiger partial charge >= 0.3 is 0 Å². The summed E-state index contributed by atoms with van der Waals surface area (Å²) in [5, 5.41) is 0.109. The lowest BCUT2D eigenvalue weighted by Crippen LogP contribution is -2.26. The molecule has 0 saturated carbocycles. The van der Waals surface area contributed by atoms with E-state index in [9.17, 15) is 13.2 Å². The quantitative estimate of drug-likeness (QED) is 0.762. The van der Waals surface area contributed by atoms with E-state index in [4.69, 9.17) is 11.6 Å². The zero-order valence-corrected chi connectivity index (χ0v) is 15.7. The van der Waals surface area contributed by atoms with Crippen LogP contribution in [0.5, 0.6) is 0 Å². The highest BCUT2D eigenvalue weighted by atomic mass is 79.9. The van der Waals surface area contributed by atoms with Crippen molar-refractivity contribution < 1.29 is 13.2 Å². The molecule has 23 heavy (non-hydrogen) atoms. The summed E-state index contributed by atoms with van der Waals surface area (Å²) >= 11 is 9.35. The topological polar surface area (TPSA) is 54.5 Å². The maximum absolute atomic E-state index is 12.5. The van der Waals surface area contributed by atoms with Crippen molar-refractivity contribution in [3.63, 3.8) is 0 Å². The molecule has 0 aromatic heterocycles. The maximum Gasteiger partial charge on any atom is 0.253 e. The van der Waals surface area contributed by atoms with Crippen molar-refractivity contribution in [2.45, 2.75) is 11.4 Å². The van der Waals surface area contributed by atoms with E-state index >= 15 is 0 Å². The van der Waals surface area contributed by atoms with Crippen LogP contribution >= 0.6 is 27.5 Å². The molecular formula is C16H15BrClNO3S. The zero-order chi connectivity index (χ0) is 17.2. The summed E-state index contributed by atoms with van der Waals surface area (Å²) in [6.07, 6.45) is 1.06. The molecule has 2 rings (SSSR count). The van der Waals surface area contributed by atoms with Crippen molar-refractivity contribution >= 4 is 43.3 Å². The van der Waals surface area contributed by atoms with Gasteiger partial charge in [0.25, 0.3) is 5.91 Å². The maximum atomic E-state index is 12.5. The predicted octanol–water partition coefficient (Wildman–Crippen LogP) is 3.78. The number of benzene rings is 2. The van der Waals surface area contributed by atoms with Gasteiger partial charge in [-0.1, -0.05) is 45.7 Å². The third-order valence-corrected chi connectivity index (χ3v) is 5.64. The predicted molar refractivity (Wildman–Crippen MR) is 94.5 cm³/mol. The normalized spacial score (nSPS) is 11.3. The zero-order valence-electron chi connectivity index (χ0n) is 12.6. The first-order valence-corrected chi connectivity index (χ1v) is 9.75. The SMILES string of the molecule is CN(Cc1ccccc1Br)C(=O)c1ccc(Cl)c(S(C)(=O)=O)c1. The summed E-state index contributed by atoms with van der Waals surface area (Å²) in [6, 6.07) is 11.9. The lowest BCUT2D eigenvalue weighted by Gasteiger charge is -2.18. The lowest BCUT2D eigenvalue weighted by atomic mass is 10.1. The van der Waals surface area contributed by atoms with Gasteiger partial charge in [0.05, 0.1) is 9.92 Å². The Labute approximate surface area is 149 Å². The monoisotopic (exact) mass is 415 g/mol. The Balaban J connectivity index is 2.28. The Morgan fingerprint density at radius 1 is 1.22 bits per heavy atom. The number of carbonyl (C=O) groups excluding carboxylic acids is 1. The van der Waals surface area contributed by atoms with E-state index in [-0.39, 0.29) is 21.4 Å². The van der Waals surface area contributed by atoms with Crippen LogP contribution in [0.4, 0.5) is 0 Å². The number of halogens is 2. The fourth-order valence-electron chi connectivity index (χ4n) is 2.09. The third kappa shape index (κ3) is 4.34. The Hall–Kier alpha value is -1.37. The Morgan fingerprint density at radius 3 is 2.48 bits per heavy atom. The Bertz CT molecular complexity index is 852. The molecule has 0 bridgehead atoms. The molecule has 7 heteroatoms. The van der Waals surface area contributed by atoms with Crippen LogP contribution in [-0.2, 0) is 16.4 Å². The van der Waals surface area contributed by atoms with Crippen LogP contribution < -0.4 is 0 Å². The summed E-state index contributed by atoms with van der Waals surface area (Å²) in [5.41, 5.74) is 1.24. The standard InChI is InChI=1S/C16H15BrClNO3S/c1-19(10-12-5-3-4-6-13(12)17)16(20)11-7-8-14(18)15(9-11)23(2,21)22/h3-9H,10H2,1-2H3. The molecule has 0 radical (unpaired) electrons. The van der Waals surface area contributed by atoms with Gasteiger partial charge < -0.3 is 4.90 Å². The molecule has 1 amide bonds. The lowest BCUT2D eigenvalue weighted by molar-refractivity contribution is 0.0784. The molecule has 0 N–H and O–H groups in total. The van der Waals surface area contributed by atoms with E-state index in [2.05, 4.69) is 15.9 Å². The van der Waals surface area contributed by atoms with Gasteiger partial charge in [0.2, 0.25) is 0 Å². The Morgan fingerprint density at radius 2 is 1.87 bits per heavy atom. The van der Waals surface area contributed by atoms with Crippen LogP contribution in [0.25, 0.3) is 0 Å². The third-order valence-electron chi connectivity index (χ3n) is 3.29. The number of carbonyl (C=O) groups is 1. The highest BCUT2D eigenvalue weighted by Crippen LogP contribution is 2.24. The second-order valence-corrected chi connectivity index (χ2v) is 8.42. The van der Waals surface area contributed by atoms with Gasteiger partial charge in [0.15, 0.2) is 9.84 Å². The summed E-state index contributed by atoms with van der Waals surface area (Å²) in [4.78, 5) is 14.0. The molecule has 0 unspecified atom stereocenters. The summed E-state index contributed by atoms with van der Waals surface area (Å²) in [6.45, 7) is 0.400. The summed E-state index contributed by atoms with van der Waals surface area (Å²) in [5.74, 6) is -0.276. The van der Waals surface area contributed by atoms with E-state index in [0.717, 1.165) is 16.3 Å². The van der Waals surface area contributed by atoms with Crippen molar-refractivity contribution in [3.8, 4) is 0 Å². The average Bonchev–Trinajstić information content (AvgIpc) is 2.48. The van der Waals surface area contributed by atoms with Gasteiger partial charge in [-0.3, -0.25) is 4.79 Å². The van der Waals surface area contributed by atoms with Gasteiger partial charge in [0, 0.05) is 29.9 Å². The highest BCUT2D eigenvalue weighted by molar-refractivity contribution is 9.10. The number of rotatable bonds is 4. The largest absolute Gasteiger partial charge is 0.337 e. The van der Waals surface area contributed by atoms with Gasteiger partial charge in [-0.25, -0.2) is 8.42 Å². The molecule has 0 atom stereocenters. The molecule has 0 heterocycles. The summed E-state index contributed by atoms with van der Waals surface area (Å²) < 4.78 is 24.3. The van der Waals surface area contributed by atoms with E-state index in [1.807, 2.05) is 24.3 Å². The van der Waals surface area contributed by atoms with Gasteiger partial charge in [-0.15, -0.1) is 0 Å². The first kappa shape index (κ1) is 18.0. The van der Waals surface area contributed by atoms with Crippen molar-refractivity contribution in [1.29, 1.82) is 0 Å². The molecule has 0 saturated heterocycles. The minimum atomic E-state index is -3.49. The molecule has 0 spiro atoms. The smallest absolute Gasteiger partial charge is 0.253 e. The number of amides is 1. The van der Waals surface area contributed by atoms with Crippen LogP contribution in [0.2, 0.25) is 5.02 Å². The molecule has 2 aromatic carbocycles. The van der Waals surface area contributed by atoms with E-state index < -0.39 is 9.84 Å². The molecule has 4 nitrogen and oxygen atoms in total. The first-order chi connectivity index (χ1) is 10.7. The fourth-order valence-corrected chi connectivity index (χ4v) is 3.81. The molecule has 0 aliphatic rings. The second-order valence-electron chi connectivity index (χ2n) is 5.17. The van der Waals surface area contributed by atoms with Crippen molar-refractivity contribution in [2.24, 2.45) is 0 Å². The van der Waals surface area contributed by atoms with E-state index in [0.29, 0.717) is 6.54 Å². The van der Waals surface area contributed by atoms with Crippen molar-refractivity contribution in [1.82, 2.24) is 4.90 Å². The summed E-state index contributed by atoms with van der Waals surface area (Å²) in [7, 11) is -1.83. The molecule has 0 fully saturated rings. The van der Waals surface area contributed by atoms with Crippen molar-refractivity contribution in [2.75, 3.05) is 13.3 Å². The average molecular weight is 417 g/mol. The van der Waals surface area contributed by atoms with E-state index in [1.54, 1.807) is 7.05 Å². The minimum Gasteiger partial charge on any atom is -0.337 e. The molecule has 0 aliphatic heterocycles. The van der Waals surface area contributed by atoms with Crippen LogP contribution in [0, 0.1) is 0 Å². The molecule has 2 aromatic rings. The van der Waals surface area contributed by atoms with Crippen molar-refractivity contribution in [3.05, 3.63) is 63.1 Å². The van der Waals surface area contributed by atoms with Crippen LogP contribution in [0.1, 0.15) is 15.9 Å². The number of sulfone groups is 1. The van der Waals surface area contributed by atoms with E-state index in [1.165, 1.54) is 23.1 Å². The Kier molecular flexibility index (Phi) is 5.49. The molecule has 122 valence electrons. The van der Waals surface area contributed by atoms with Crippen LogP contribution in [-0.4, -0.2) is 32.5 Å². The molecular weight excluding hydrogens is 402 g/mol. The highest BCUT2D eigenvalue weighted by Gasteiger charge is 2.18. The number of nitrogens with zero attached hydrogens (tertiary/aromatic N) is 1. The minimum absolute atomic E-state index is 0.0423. The second kappa shape index (κ2) is 7.03. The fraction of sp³-hybridized carbons (Fsp3) is 0.188. The first-order valence-electron chi connectivity index (χ1n) is 6.68. The number of hydrogen-bond donors (Lipinski definition) is 0. The van der Waals surface area contributed by atoms with Gasteiger partial charge in [-0.2, -0.15) is 0 Å². The number of hydrogen-bond acceptors (Lipinski definition) is 3. The van der Waals surface area contributed by atoms with Gasteiger partial charge in [-0.05, 0) is 29.8 Å². The van der Waals surface area contributed by atoms with Crippen LogP contribution in [0.3, 0.4) is 0 Å². The van der Waals surface area contributed by atoms with Gasteiger partial charge in [0.1, 0.15) is 0 Å².